The van der Waals surface area contributed by atoms with Crippen LogP contribution in [0.2, 0.25) is 5.02 Å². The summed E-state index contributed by atoms with van der Waals surface area (Å²) in [4.78, 5) is 9.09. The van der Waals surface area contributed by atoms with Crippen molar-refractivity contribution >= 4 is 44.5 Å². The van der Waals surface area contributed by atoms with Gasteiger partial charge in [0.1, 0.15) is 0 Å². The van der Waals surface area contributed by atoms with Crippen LogP contribution in [0.3, 0.4) is 0 Å². The van der Waals surface area contributed by atoms with Gasteiger partial charge in [0, 0.05) is 31.7 Å². The number of hydrogen-bond donors (Lipinski definition) is 0. The first kappa shape index (κ1) is 13.9. The summed E-state index contributed by atoms with van der Waals surface area (Å²) in [5.74, 6) is 0. The van der Waals surface area contributed by atoms with Crippen LogP contribution in [0.15, 0.2) is 41.9 Å². The number of likely N-dealkylation sites (N-methyl/N-ethyl adjacent to an activating group) is 1. The molecular weight excluding hydrogens is 314 g/mol. The van der Waals surface area contributed by atoms with Gasteiger partial charge in [-0.15, -0.1) is 11.3 Å². The first-order valence-corrected chi connectivity index (χ1v) is 8.54. The number of benzene rings is 2. The smallest absolute Gasteiger partial charge is 0.0815 e. The summed E-state index contributed by atoms with van der Waals surface area (Å²) in [6.07, 6.45) is 0. The molecule has 0 saturated heterocycles. The lowest BCUT2D eigenvalue weighted by molar-refractivity contribution is 0.735. The van der Waals surface area contributed by atoms with Gasteiger partial charge in [-0.05, 0) is 35.9 Å². The van der Waals surface area contributed by atoms with Crippen molar-refractivity contribution in [3.63, 3.8) is 0 Å². The maximum absolute atomic E-state index is 6.20. The van der Waals surface area contributed by atoms with Crippen LogP contribution in [0.5, 0.6) is 0 Å². The molecule has 0 fully saturated rings. The lowest BCUT2D eigenvalue weighted by Gasteiger charge is -2.37. The van der Waals surface area contributed by atoms with Crippen LogP contribution in [0.1, 0.15) is 5.56 Å². The molecule has 0 spiro atoms. The maximum atomic E-state index is 6.20. The molecule has 0 radical (unpaired) electrons. The molecule has 0 N–H and O–H groups in total. The first-order chi connectivity index (χ1) is 10.7. The minimum absolute atomic E-state index is 0.786. The van der Waals surface area contributed by atoms with Crippen LogP contribution in [-0.4, -0.2) is 25.1 Å². The topological polar surface area (TPSA) is 19.4 Å². The number of hydrogen-bond acceptors (Lipinski definition) is 4. The quantitative estimate of drug-likeness (QED) is 0.694. The highest BCUT2D eigenvalue weighted by Gasteiger charge is 2.20. The summed E-state index contributed by atoms with van der Waals surface area (Å²) < 4.78 is 1.24. The molecule has 112 valence electrons. The van der Waals surface area contributed by atoms with Gasteiger partial charge < -0.3 is 9.80 Å². The fourth-order valence-electron chi connectivity index (χ4n) is 2.97. The van der Waals surface area contributed by atoms with E-state index >= 15 is 0 Å². The molecule has 3 nitrogen and oxygen atoms in total. The van der Waals surface area contributed by atoms with Crippen molar-refractivity contribution in [2.75, 3.05) is 29.9 Å². The molecule has 0 aliphatic carbocycles. The van der Waals surface area contributed by atoms with E-state index in [1.54, 1.807) is 11.3 Å². The Morgan fingerprint density at radius 3 is 2.95 bits per heavy atom. The Bertz CT molecular complexity index is 830. The highest BCUT2D eigenvalue weighted by atomic mass is 35.5. The van der Waals surface area contributed by atoms with E-state index in [0.29, 0.717) is 0 Å². The van der Waals surface area contributed by atoms with Gasteiger partial charge in [0.05, 0.1) is 27.1 Å². The monoisotopic (exact) mass is 329 g/mol. The zero-order valence-electron chi connectivity index (χ0n) is 12.3. The SMILES string of the molecule is CN1CCN(Cc2ccc3scnc3c2)c2cc(Cl)ccc21. The minimum Gasteiger partial charge on any atom is -0.371 e. The van der Waals surface area contributed by atoms with Gasteiger partial charge >= 0.3 is 0 Å². The summed E-state index contributed by atoms with van der Waals surface area (Å²) in [6.45, 7) is 2.90. The van der Waals surface area contributed by atoms with E-state index in [9.17, 15) is 0 Å². The molecule has 1 aliphatic heterocycles. The molecule has 2 aromatic carbocycles. The maximum Gasteiger partial charge on any atom is 0.0815 e. The van der Waals surface area contributed by atoms with Crippen LogP contribution >= 0.6 is 22.9 Å². The lowest BCUT2D eigenvalue weighted by atomic mass is 10.1. The summed E-state index contributed by atoms with van der Waals surface area (Å²) >= 11 is 7.89. The normalized spacial score (nSPS) is 14.5. The van der Waals surface area contributed by atoms with E-state index in [0.717, 1.165) is 30.2 Å². The van der Waals surface area contributed by atoms with Crippen LogP contribution in [0.25, 0.3) is 10.2 Å². The van der Waals surface area contributed by atoms with Gasteiger partial charge in [-0.3, -0.25) is 0 Å². The van der Waals surface area contributed by atoms with E-state index in [1.807, 2.05) is 11.6 Å². The minimum atomic E-state index is 0.786. The van der Waals surface area contributed by atoms with Crippen LogP contribution in [0.4, 0.5) is 11.4 Å². The largest absolute Gasteiger partial charge is 0.371 e. The van der Waals surface area contributed by atoms with E-state index in [2.05, 4.69) is 52.2 Å². The Morgan fingerprint density at radius 1 is 1.14 bits per heavy atom. The van der Waals surface area contributed by atoms with Gasteiger partial charge in [0.15, 0.2) is 0 Å². The number of nitrogens with zero attached hydrogens (tertiary/aromatic N) is 3. The average molecular weight is 330 g/mol. The van der Waals surface area contributed by atoms with Crippen molar-refractivity contribution in [2.45, 2.75) is 6.54 Å². The fourth-order valence-corrected chi connectivity index (χ4v) is 3.80. The summed E-state index contributed by atoms with van der Waals surface area (Å²) in [5.41, 5.74) is 6.72. The van der Waals surface area contributed by atoms with E-state index in [1.165, 1.54) is 21.6 Å². The van der Waals surface area contributed by atoms with Crippen molar-refractivity contribution in [3.8, 4) is 0 Å². The number of thiazole rings is 1. The average Bonchev–Trinajstić information content (AvgIpc) is 2.98. The van der Waals surface area contributed by atoms with E-state index in [-0.39, 0.29) is 0 Å². The zero-order chi connectivity index (χ0) is 15.1. The Hall–Kier alpha value is -1.78. The van der Waals surface area contributed by atoms with Crippen molar-refractivity contribution in [2.24, 2.45) is 0 Å². The molecule has 22 heavy (non-hydrogen) atoms. The van der Waals surface area contributed by atoms with Gasteiger partial charge in [-0.25, -0.2) is 4.98 Å². The molecule has 3 aromatic rings. The molecule has 0 amide bonds. The van der Waals surface area contributed by atoms with Gasteiger partial charge in [-0.2, -0.15) is 0 Å². The highest BCUT2D eigenvalue weighted by molar-refractivity contribution is 7.16. The Balaban J connectivity index is 1.68. The second-order valence-corrected chi connectivity index (χ2v) is 6.95. The number of halogens is 1. The van der Waals surface area contributed by atoms with Crippen LogP contribution < -0.4 is 9.80 Å². The Labute approximate surface area is 138 Å². The summed E-state index contributed by atoms with van der Waals surface area (Å²) in [6, 6.07) is 12.7. The molecule has 1 aromatic heterocycles. The predicted molar refractivity (Wildman–Crippen MR) is 95.4 cm³/mol. The number of fused-ring (bicyclic) bond motifs is 2. The van der Waals surface area contributed by atoms with Gasteiger partial charge in [0.25, 0.3) is 0 Å². The molecule has 4 rings (SSSR count). The van der Waals surface area contributed by atoms with E-state index in [4.69, 9.17) is 11.6 Å². The predicted octanol–water partition coefficient (Wildman–Crippen LogP) is 4.41. The molecule has 0 atom stereocenters. The molecular formula is C17H16ClN3S. The van der Waals surface area contributed by atoms with E-state index < -0.39 is 0 Å². The fraction of sp³-hybridized carbons (Fsp3) is 0.235. The molecule has 0 bridgehead atoms. The Morgan fingerprint density at radius 2 is 2.05 bits per heavy atom. The molecule has 0 unspecified atom stereocenters. The molecule has 2 heterocycles. The van der Waals surface area contributed by atoms with Gasteiger partial charge in [-0.1, -0.05) is 17.7 Å². The Kier molecular flexibility index (Phi) is 3.43. The summed E-state index contributed by atoms with van der Waals surface area (Å²) in [7, 11) is 2.13. The standard InChI is InChI=1S/C17H16ClN3S/c1-20-6-7-21(16-9-13(18)3-4-15(16)20)10-12-2-5-17-14(8-12)19-11-22-17/h2-5,8-9,11H,6-7,10H2,1H3. The van der Waals surface area contributed by atoms with Gasteiger partial charge in [0.2, 0.25) is 0 Å². The second kappa shape index (κ2) is 5.45. The zero-order valence-corrected chi connectivity index (χ0v) is 13.9. The van der Waals surface area contributed by atoms with Crippen LogP contribution in [-0.2, 0) is 6.54 Å². The third-order valence-electron chi connectivity index (χ3n) is 4.16. The van der Waals surface area contributed by atoms with Crippen molar-refractivity contribution in [1.29, 1.82) is 0 Å². The molecule has 1 aliphatic rings. The lowest BCUT2D eigenvalue weighted by Crippen LogP contribution is -2.38. The number of rotatable bonds is 2. The number of aromatic nitrogens is 1. The second-order valence-electron chi connectivity index (χ2n) is 5.63. The third kappa shape index (κ3) is 2.42. The van der Waals surface area contributed by atoms with Crippen molar-refractivity contribution in [3.05, 3.63) is 52.5 Å². The summed E-state index contributed by atoms with van der Waals surface area (Å²) in [5, 5.41) is 0.786. The third-order valence-corrected chi connectivity index (χ3v) is 5.21. The molecule has 5 heteroatoms. The number of anilines is 2. The highest BCUT2D eigenvalue weighted by Crippen LogP contribution is 2.35. The molecule has 0 saturated carbocycles. The first-order valence-electron chi connectivity index (χ1n) is 7.28. The van der Waals surface area contributed by atoms with Crippen LogP contribution in [0, 0.1) is 0 Å². The van der Waals surface area contributed by atoms with Crippen molar-refractivity contribution in [1.82, 2.24) is 4.98 Å². The van der Waals surface area contributed by atoms with Crippen molar-refractivity contribution < 1.29 is 0 Å².